The maximum absolute atomic E-state index is 4.47. The van der Waals surface area contributed by atoms with Crippen LogP contribution >= 0.6 is 0 Å². The molecule has 2 aromatic rings. The summed E-state index contributed by atoms with van der Waals surface area (Å²) in [5, 5.41) is 0. The molecule has 0 aliphatic carbocycles. The quantitative estimate of drug-likeness (QED) is 0.618. The molecule has 0 spiro atoms. The molecule has 1 heterocycles. The van der Waals surface area contributed by atoms with Crippen molar-refractivity contribution in [2.45, 2.75) is 60.8 Å². The van der Waals surface area contributed by atoms with E-state index in [0.717, 1.165) is 30.8 Å². The molecule has 1 aromatic heterocycles. The topological polar surface area (TPSA) is 25.8 Å². The second-order valence-electron chi connectivity index (χ2n) is 7.08. The molecule has 0 amide bonds. The molecule has 132 valence electrons. The number of hydrogen-bond donors (Lipinski definition) is 0. The van der Waals surface area contributed by atoms with Crippen LogP contribution in [0.1, 0.15) is 59.6 Å². The molecule has 0 unspecified atom stereocenters. The molecule has 0 radical (unpaired) electrons. The molecule has 2 rings (SSSR count). The maximum atomic E-state index is 4.47. The normalized spacial score (nSPS) is 11.7. The highest BCUT2D eigenvalue weighted by Gasteiger charge is 2.11. The molecule has 0 aliphatic heterocycles. The second-order valence-corrected chi connectivity index (χ2v) is 7.08. The molecule has 0 saturated carbocycles. The van der Waals surface area contributed by atoms with E-state index in [1.807, 2.05) is 13.1 Å². The van der Waals surface area contributed by atoms with Gasteiger partial charge in [0.1, 0.15) is 5.82 Å². The summed E-state index contributed by atoms with van der Waals surface area (Å²) in [6, 6.07) is 4.66. The van der Waals surface area contributed by atoms with Gasteiger partial charge in [-0.25, -0.2) is 9.97 Å². The number of hydrogen-bond acceptors (Lipinski definition) is 2. The van der Waals surface area contributed by atoms with E-state index in [-0.39, 0.29) is 0 Å². The van der Waals surface area contributed by atoms with Gasteiger partial charge in [-0.15, -0.1) is 0 Å². The number of allylic oxidation sites excluding steroid dienone is 3. The minimum atomic E-state index is 0.841. The summed E-state index contributed by atoms with van der Waals surface area (Å²) in [6.07, 6.45) is 7.12. The Bertz CT molecular complexity index is 790. The lowest BCUT2D eigenvalue weighted by atomic mass is 9.89. The fourth-order valence-electron chi connectivity index (χ4n) is 3.50. The van der Waals surface area contributed by atoms with Gasteiger partial charge in [0.25, 0.3) is 0 Å². The zero-order chi connectivity index (χ0) is 18.6. The molecule has 1 aromatic carbocycles. The van der Waals surface area contributed by atoms with Crippen molar-refractivity contribution >= 4 is 5.57 Å². The van der Waals surface area contributed by atoms with Crippen LogP contribution in [0.15, 0.2) is 36.6 Å². The standard InChI is InChI=1S/C23H30N2/c1-8-21(11-15(2)3)23-16(4)12-20(13-17(23)5)9-10-22-14-24-19(7)25-18(22)6/h8,12-14H,2,9-11H2,1,3-7H3/b21-8-. The van der Waals surface area contributed by atoms with Crippen molar-refractivity contribution < 1.29 is 0 Å². The van der Waals surface area contributed by atoms with Crippen LogP contribution in [0, 0.1) is 27.7 Å². The van der Waals surface area contributed by atoms with E-state index in [1.54, 1.807) is 0 Å². The number of benzene rings is 1. The molecular formula is C23H30N2. The predicted molar refractivity (Wildman–Crippen MR) is 108 cm³/mol. The molecule has 0 aliphatic rings. The number of aryl methyl sites for hydroxylation is 6. The molecule has 0 bridgehead atoms. The van der Waals surface area contributed by atoms with Gasteiger partial charge in [0.2, 0.25) is 0 Å². The third-order valence-electron chi connectivity index (χ3n) is 4.64. The lowest BCUT2D eigenvalue weighted by molar-refractivity contribution is 0.889. The summed E-state index contributed by atoms with van der Waals surface area (Å²) in [4.78, 5) is 8.81. The monoisotopic (exact) mass is 334 g/mol. The Balaban J connectivity index is 2.23. The van der Waals surface area contributed by atoms with Gasteiger partial charge in [0.15, 0.2) is 0 Å². The van der Waals surface area contributed by atoms with E-state index in [4.69, 9.17) is 0 Å². The molecule has 0 N–H and O–H groups in total. The van der Waals surface area contributed by atoms with Gasteiger partial charge in [-0.3, -0.25) is 0 Å². The van der Waals surface area contributed by atoms with Gasteiger partial charge in [0.05, 0.1) is 0 Å². The highest BCUT2D eigenvalue weighted by atomic mass is 14.9. The Hall–Kier alpha value is -2.22. The second kappa shape index (κ2) is 8.24. The van der Waals surface area contributed by atoms with E-state index in [0.29, 0.717) is 0 Å². The first-order chi connectivity index (χ1) is 11.8. The summed E-state index contributed by atoms with van der Waals surface area (Å²) in [5.41, 5.74) is 10.4. The van der Waals surface area contributed by atoms with Crippen LogP contribution in [0.25, 0.3) is 5.57 Å². The van der Waals surface area contributed by atoms with Crippen LogP contribution in [0.5, 0.6) is 0 Å². The smallest absolute Gasteiger partial charge is 0.125 e. The summed E-state index contributed by atoms with van der Waals surface area (Å²) in [7, 11) is 0. The Labute approximate surface area is 152 Å². The van der Waals surface area contributed by atoms with Crippen molar-refractivity contribution in [1.82, 2.24) is 9.97 Å². The molecule has 2 heteroatoms. The zero-order valence-corrected chi connectivity index (χ0v) is 16.5. The first kappa shape index (κ1) is 19.1. The van der Waals surface area contributed by atoms with Gasteiger partial charge in [0, 0.05) is 11.9 Å². The third-order valence-corrected chi connectivity index (χ3v) is 4.64. The zero-order valence-electron chi connectivity index (χ0n) is 16.5. The number of aromatic nitrogens is 2. The highest BCUT2D eigenvalue weighted by molar-refractivity contribution is 5.72. The Morgan fingerprint density at radius 2 is 1.72 bits per heavy atom. The molecule has 0 saturated heterocycles. The van der Waals surface area contributed by atoms with Crippen LogP contribution in [0.4, 0.5) is 0 Å². The van der Waals surface area contributed by atoms with Crippen molar-refractivity contribution in [1.29, 1.82) is 0 Å². The van der Waals surface area contributed by atoms with Crippen LogP contribution < -0.4 is 0 Å². The molecule has 2 nitrogen and oxygen atoms in total. The van der Waals surface area contributed by atoms with Crippen molar-refractivity contribution in [3.63, 3.8) is 0 Å². The van der Waals surface area contributed by atoms with Gasteiger partial charge in [-0.1, -0.05) is 30.4 Å². The summed E-state index contributed by atoms with van der Waals surface area (Å²) in [6.45, 7) is 16.7. The summed E-state index contributed by atoms with van der Waals surface area (Å²) in [5.74, 6) is 0.841. The average Bonchev–Trinajstić information content (AvgIpc) is 2.52. The molecule has 0 atom stereocenters. The van der Waals surface area contributed by atoms with E-state index >= 15 is 0 Å². The first-order valence-electron chi connectivity index (χ1n) is 9.01. The Morgan fingerprint density at radius 3 is 2.24 bits per heavy atom. The lowest BCUT2D eigenvalue weighted by Gasteiger charge is -2.16. The highest BCUT2D eigenvalue weighted by Crippen LogP contribution is 2.29. The van der Waals surface area contributed by atoms with Crippen LogP contribution in [0.2, 0.25) is 0 Å². The average molecular weight is 335 g/mol. The van der Waals surface area contributed by atoms with Crippen LogP contribution in [-0.4, -0.2) is 9.97 Å². The van der Waals surface area contributed by atoms with E-state index in [9.17, 15) is 0 Å². The third kappa shape index (κ3) is 4.88. The van der Waals surface area contributed by atoms with Gasteiger partial charge >= 0.3 is 0 Å². The van der Waals surface area contributed by atoms with Crippen molar-refractivity contribution in [2.24, 2.45) is 0 Å². The van der Waals surface area contributed by atoms with Gasteiger partial charge in [-0.2, -0.15) is 0 Å². The summed E-state index contributed by atoms with van der Waals surface area (Å²) < 4.78 is 0. The van der Waals surface area contributed by atoms with Crippen molar-refractivity contribution in [2.75, 3.05) is 0 Å². The number of nitrogens with zero attached hydrogens (tertiary/aromatic N) is 2. The van der Waals surface area contributed by atoms with Gasteiger partial charge in [-0.05, 0) is 94.2 Å². The molecule has 0 fully saturated rings. The van der Waals surface area contributed by atoms with Crippen LogP contribution in [0.3, 0.4) is 0 Å². The fraction of sp³-hybridized carbons (Fsp3) is 0.391. The van der Waals surface area contributed by atoms with E-state index < -0.39 is 0 Å². The minimum Gasteiger partial charge on any atom is -0.241 e. The Kier molecular flexibility index (Phi) is 6.30. The largest absolute Gasteiger partial charge is 0.241 e. The maximum Gasteiger partial charge on any atom is 0.125 e. The summed E-state index contributed by atoms with van der Waals surface area (Å²) >= 11 is 0. The van der Waals surface area contributed by atoms with E-state index in [1.165, 1.54) is 39.0 Å². The Morgan fingerprint density at radius 1 is 1.08 bits per heavy atom. The SMILES string of the molecule is C=C(C)C/C(=C/C)c1c(C)cc(CCc2cnc(C)nc2C)cc1C. The molecular weight excluding hydrogens is 304 g/mol. The van der Waals surface area contributed by atoms with Crippen molar-refractivity contribution in [3.8, 4) is 0 Å². The van der Waals surface area contributed by atoms with Crippen LogP contribution in [-0.2, 0) is 12.8 Å². The number of rotatable bonds is 6. The lowest BCUT2D eigenvalue weighted by Crippen LogP contribution is -2.02. The first-order valence-corrected chi connectivity index (χ1v) is 9.01. The fourth-order valence-corrected chi connectivity index (χ4v) is 3.50. The molecule has 25 heavy (non-hydrogen) atoms. The van der Waals surface area contributed by atoms with Gasteiger partial charge < -0.3 is 0 Å². The van der Waals surface area contributed by atoms with E-state index in [2.05, 4.69) is 69.4 Å². The minimum absolute atomic E-state index is 0.841. The van der Waals surface area contributed by atoms with Crippen molar-refractivity contribution in [3.05, 3.63) is 75.9 Å². The predicted octanol–water partition coefficient (Wildman–Crippen LogP) is 5.86.